The number of fused-ring (bicyclic) bond motifs is 4. The van der Waals surface area contributed by atoms with Gasteiger partial charge in [-0.05, 0) is 65.4 Å². The third kappa shape index (κ3) is 2.05. The summed E-state index contributed by atoms with van der Waals surface area (Å²) in [5, 5.41) is 2.72. The first kappa shape index (κ1) is 14.5. The van der Waals surface area contributed by atoms with Crippen LogP contribution in [0, 0.1) is 13.8 Å². The van der Waals surface area contributed by atoms with Crippen LogP contribution in [-0.4, -0.2) is 0 Å². The van der Waals surface area contributed by atoms with Crippen LogP contribution in [0.5, 0.6) is 0 Å². The van der Waals surface area contributed by atoms with Crippen molar-refractivity contribution in [3.8, 4) is 11.1 Å². The van der Waals surface area contributed by atoms with E-state index in [1.165, 1.54) is 57.0 Å². The maximum absolute atomic E-state index is 2.45. The molecule has 1 aliphatic carbocycles. The molecule has 0 N–H and O–H groups in total. The van der Waals surface area contributed by atoms with Crippen molar-refractivity contribution in [2.75, 3.05) is 0 Å². The van der Waals surface area contributed by atoms with Crippen LogP contribution in [0.2, 0.25) is 0 Å². The first-order valence-electron chi connectivity index (χ1n) is 8.69. The summed E-state index contributed by atoms with van der Waals surface area (Å²) in [5.74, 6) is 0. The van der Waals surface area contributed by atoms with Gasteiger partial charge < -0.3 is 0 Å². The maximum Gasteiger partial charge on any atom is 0.0187 e. The normalized spacial score (nSPS) is 19.0. The standard InChI is InChI=1S/C23H24/c1-5-10-23(4)21-12-16(3)7-9-19(21)20-13-17-8-6-15(2)11-18(17)14-22(20)23/h6-9,11-14H,5,10H2,1-4H3. The molecule has 0 saturated heterocycles. The van der Waals surface area contributed by atoms with Gasteiger partial charge in [0, 0.05) is 5.41 Å². The zero-order valence-corrected chi connectivity index (χ0v) is 14.5. The minimum Gasteiger partial charge on any atom is -0.0653 e. The van der Waals surface area contributed by atoms with Crippen LogP contribution in [-0.2, 0) is 5.41 Å². The van der Waals surface area contributed by atoms with Gasteiger partial charge in [-0.15, -0.1) is 0 Å². The average Bonchev–Trinajstić information content (AvgIpc) is 2.75. The molecule has 1 atom stereocenters. The zero-order chi connectivity index (χ0) is 16.2. The van der Waals surface area contributed by atoms with Gasteiger partial charge in [-0.3, -0.25) is 0 Å². The minimum atomic E-state index is 0.142. The second kappa shape index (κ2) is 4.96. The summed E-state index contributed by atoms with van der Waals surface area (Å²) >= 11 is 0. The van der Waals surface area contributed by atoms with E-state index in [1.54, 1.807) is 0 Å². The molecule has 0 radical (unpaired) electrons. The molecular formula is C23H24. The molecule has 1 unspecified atom stereocenters. The molecule has 0 nitrogen and oxygen atoms in total. The second-order valence-corrected chi connectivity index (χ2v) is 7.38. The molecule has 3 aromatic carbocycles. The lowest BCUT2D eigenvalue weighted by atomic mass is 9.76. The Balaban J connectivity index is 2.07. The topological polar surface area (TPSA) is 0 Å². The summed E-state index contributed by atoms with van der Waals surface area (Å²) < 4.78 is 0. The summed E-state index contributed by atoms with van der Waals surface area (Å²) in [6.07, 6.45) is 2.41. The van der Waals surface area contributed by atoms with Crippen molar-refractivity contribution in [3.05, 3.63) is 70.8 Å². The summed E-state index contributed by atoms with van der Waals surface area (Å²) in [7, 11) is 0. The van der Waals surface area contributed by atoms with Crippen LogP contribution in [0.1, 0.15) is 48.9 Å². The Morgan fingerprint density at radius 1 is 0.739 bits per heavy atom. The summed E-state index contributed by atoms with van der Waals surface area (Å²) in [5.41, 5.74) is 8.74. The largest absolute Gasteiger partial charge is 0.0653 e. The lowest BCUT2D eigenvalue weighted by Crippen LogP contribution is -2.20. The lowest BCUT2D eigenvalue weighted by molar-refractivity contribution is 0.524. The maximum atomic E-state index is 2.45. The summed E-state index contributed by atoms with van der Waals surface area (Å²) in [6, 6.07) is 18.6. The van der Waals surface area contributed by atoms with Crippen LogP contribution in [0.4, 0.5) is 0 Å². The minimum absolute atomic E-state index is 0.142. The lowest BCUT2D eigenvalue weighted by Gasteiger charge is -2.27. The van der Waals surface area contributed by atoms with Crippen LogP contribution in [0.3, 0.4) is 0 Å². The molecular weight excluding hydrogens is 276 g/mol. The molecule has 0 saturated carbocycles. The van der Waals surface area contributed by atoms with Crippen LogP contribution < -0.4 is 0 Å². The van der Waals surface area contributed by atoms with Gasteiger partial charge >= 0.3 is 0 Å². The van der Waals surface area contributed by atoms with Gasteiger partial charge in [0.25, 0.3) is 0 Å². The fourth-order valence-corrected chi connectivity index (χ4v) is 4.36. The quantitative estimate of drug-likeness (QED) is 0.504. The molecule has 4 rings (SSSR count). The third-order valence-corrected chi connectivity index (χ3v) is 5.54. The molecule has 116 valence electrons. The highest BCUT2D eigenvalue weighted by molar-refractivity contribution is 5.93. The van der Waals surface area contributed by atoms with Crippen molar-refractivity contribution in [1.82, 2.24) is 0 Å². The van der Waals surface area contributed by atoms with Crippen molar-refractivity contribution < 1.29 is 0 Å². The van der Waals surface area contributed by atoms with Gasteiger partial charge in [-0.1, -0.05) is 67.8 Å². The van der Waals surface area contributed by atoms with E-state index in [4.69, 9.17) is 0 Å². The third-order valence-electron chi connectivity index (χ3n) is 5.54. The van der Waals surface area contributed by atoms with E-state index in [2.05, 4.69) is 76.2 Å². The van der Waals surface area contributed by atoms with Gasteiger partial charge in [-0.2, -0.15) is 0 Å². The van der Waals surface area contributed by atoms with Crippen LogP contribution in [0.25, 0.3) is 21.9 Å². The first-order chi connectivity index (χ1) is 11.0. The number of benzene rings is 3. The average molecular weight is 300 g/mol. The molecule has 0 spiro atoms. The molecule has 1 aliphatic rings. The van der Waals surface area contributed by atoms with Gasteiger partial charge in [0.1, 0.15) is 0 Å². The highest BCUT2D eigenvalue weighted by Gasteiger charge is 2.38. The molecule has 0 bridgehead atoms. The molecule has 0 heteroatoms. The van der Waals surface area contributed by atoms with Crippen molar-refractivity contribution in [1.29, 1.82) is 0 Å². The van der Waals surface area contributed by atoms with Crippen LogP contribution >= 0.6 is 0 Å². The Morgan fingerprint density at radius 3 is 2.22 bits per heavy atom. The van der Waals surface area contributed by atoms with Crippen LogP contribution in [0.15, 0.2) is 48.5 Å². The molecule has 0 amide bonds. The Hall–Kier alpha value is -2.08. The van der Waals surface area contributed by atoms with Crippen molar-refractivity contribution in [2.45, 2.75) is 46.0 Å². The Bertz CT molecular complexity index is 917. The number of aryl methyl sites for hydroxylation is 2. The SMILES string of the molecule is CCCC1(C)c2cc(C)ccc2-c2cc3ccc(C)cc3cc21. The molecule has 0 aromatic heterocycles. The Kier molecular flexibility index (Phi) is 3.13. The van der Waals surface area contributed by atoms with Crippen molar-refractivity contribution in [3.63, 3.8) is 0 Å². The number of hydrogen-bond donors (Lipinski definition) is 0. The van der Waals surface area contributed by atoms with Gasteiger partial charge in [0.2, 0.25) is 0 Å². The molecule has 3 aromatic rings. The fourth-order valence-electron chi connectivity index (χ4n) is 4.36. The fraction of sp³-hybridized carbons (Fsp3) is 0.304. The predicted octanol–water partition coefficient (Wildman–Crippen LogP) is 6.54. The van der Waals surface area contributed by atoms with E-state index in [0.29, 0.717) is 0 Å². The smallest absolute Gasteiger partial charge is 0.0187 e. The van der Waals surface area contributed by atoms with Crippen molar-refractivity contribution in [2.24, 2.45) is 0 Å². The Labute approximate surface area is 139 Å². The number of hydrogen-bond acceptors (Lipinski definition) is 0. The van der Waals surface area contributed by atoms with E-state index in [-0.39, 0.29) is 5.41 Å². The van der Waals surface area contributed by atoms with Gasteiger partial charge in [0.05, 0.1) is 0 Å². The van der Waals surface area contributed by atoms with E-state index >= 15 is 0 Å². The highest BCUT2D eigenvalue weighted by atomic mass is 14.4. The predicted molar refractivity (Wildman–Crippen MR) is 100 cm³/mol. The zero-order valence-electron chi connectivity index (χ0n) is 14.5. The van der Waals surface area contributed by atoms with Crippen molar-refractivity contribution >= 4 is 10.8 Å². The number of rotatable bonds is 2. The van der Waals surface area contributed by atoms with Gasteiger partial charge in [-0.25, -0.2) is 0 Å². The van der Waals surface area contributed by atoms with E-state index in [0.717, 1.165) is 0 Å². The van der Waals surface area contributed by atoms with E-state index in [9.17, 15) is 0 Å². The van der Waals surface area contributed by atoms with E-state index < -0.39 is 0 Å². The Morgan fingerprint density at radius 2 is 1.43 bits per heavy atom. The monoisotopic (exact) mass is 300 g/mol. The highest BCUT2D eigenvalue weighted by Crippen LogP contribution is 2.52. The molecule has 0 aliphatic heterocycles. The molecule has 23 heavy (non-hydrogen) atoms. The summed E-state index contributed by atoms with van der Waals surface area (Å²) in [6.45, 7) is 9.11. The first-order valence-corrected chi connectivity index (χ1v) is 8.69. The molecule has 0 heterocycles. The van der Waals surface area contributed by atoms with E-state index in [1.807, 2.05) is 0 Å². The second-order valence-electron chi connectivity index (χ2n) is 7.38. The van der Waals surface area contributed by atoms with Gasteiger partial charge in [0.15, 0.2) is 0 Å². The molecule has 0 fully saturated rings. The summed E-state index contributed by atoms with van der Waals surface area (Å²) in [4.78, 5) is 0.